The van der Waals surface area contributed by atoms with Gasteiger partial charge in [-0.15, -0.1) is 0 Å². The molecule has 0 radical (unpaired) electrons. The predicted molar refractivity (Wildman–Crippen MR) is 132 cm³/mol. The fraction of sp³-hybridized carbons (Fsp3) is 0.160. The van der Waals surface area contributed by atoms with E-state index in [1.807, 2.05) is 30.3 Å². The number of aryl methyl sites for hydroxylation is 1. The Balaban J connectivity index is 0.000000275. The number of nitrogens with zero attached hydrogens (tertiary/aromatic N) is 5. The summed E-state index contributed by atoms with van der Waals surface area (Å²) in [7, 11) is 1.80. The van der Waals surface area contributed by atoms with Gasteiger partial charge in [-0.25, -0.2) is 4.39 Å². The second-order valence-corrected chi connectivity index (χ2v) is 8.63. The average molecular weight is 556 g/mol. The van der Waals surface area contributed by atoms with Crippen LogP contribution >= 0.6 is 15.9 Å². The molecule has 0 amide bonds. The van der Waals surface area contributed by atoms with Crippen molar-refractivity contribution in [2.45, 2.75) is 19.4 Å². The first-order valence-electron chi connectivity index (χ1n) is 10.5. The van der Waals surface area contributed by atoms with E-state index in [-0.39, 0.29) is 5.82 Å². The molecule has 0 aliphatic carbocycles. The van der Waals surface area contributed by atoms with Gasteiger partial charge in [0.15, 0.2) is 11.9 Å². The number of aromatic nitrogens is 3. The Hall–Kier alpha value is -4.01. The maximum absolute atomic E-state index is 13.6. The summed E-state index contributed by atoms with van der Waals surface area (Å²) >= 11 is 2.92. The first-order valence-corrected chi connectivity index (χ1v) is 11.3. The molecular weight excluding hydrogens is 536 g/mol. The summed E-state index contributed by atoms with van der Waals surface area (Å²) in [5.41, 5.74) is 4.58. The third-order valence-electron chi connectivity index (χ3n) is 5.20. The zero-order chi connectivity index (χ0) is 26.4. The molecule has 2 heterocycles. The van der Waals surface area contributed by atoms with Crippen LogP contribution in [0.3, 0.4) is 0 Å². The second kappa shape index (κ2) is 11.6. The van der Waals surface area contributed by atoms with Gasteiger partial charge in [-0.05, 0) is 73.2 Å². The van der Waals surface area contributed by atoms with E-state index in [9.17, 15) is 24.0 Å². The highest BCUT2D eigenvalue weighted by Gasteiger charge is 2.16. The SMILES string of the molecule is C[C@@H](O)c1cc(F)ccc1-c1ccccc1Cc1cc(C#N)nn1C.O=[N+]([O-])c1ncc(Br)cc1F. The van der Waals surface area contributed by atoms with E-state index in [2.05, 4.69) is 26.0 Å². The number of hydrogen-bond acceptors (Lipinski definition) is 6. The minimum absolute atomic E-state index is 0.373. The normalized spacial score (nSPS) is 11.2. The molecule has 184 valence electrons. The molecule has 1 N–H and O–H groups in total. The van der Waals surface area contributed by atoms with Crippen LogP contribution in [-0.2, 0) is 13.5 Å². The highest BCUT2D eigenvalue weighted by atomic mass is 79.9. The summed E-state index contributed by atoms with van der Waals surface area (Å²) < 4.78 is 28.2. The maximum atomic E-state index is 13.6. The van der Waals surface area contributed by atoms with Crippen molar-refractivity contribution in [3.63, 3.8) is 0 Å². The molecule has 4 rings (SSSR count). The lowest BCUT2D eigenvalue weighted by molar-refractivity contribution is -0.392. The molecule has 11 heteroatoms. The molecule has 2 aromatic carbocycles. The highest BCUT2D eigenvalue weighted by Crippen LogP contribution is 2.32. The number of pyridine rings is 1. The number of aliphatic hydroxyl groups excluding tert-OH is 1. The molecule has 36 heavy (non-hydrogen) atoms. The van der Waals surface area contributed by atoms with Crippen molar-refractivity contribution < 1.29 is 18.8 Å². The summed E-state index contributed by atoms with van der Waals surface area (Å²) in [6.45, 7) is 1.63. The number of nitriles is 1. The minimum Gasteiger partial charge on any atom is -0.389 e. The zero-order valence-corrected chi connectivity index (χ0v) is 20.8. The van der Waals surface area contributed by atoms with Gasteiger partial charge in [-0.2, -0.15) is 14.8 Å². The number of benzene rings is 2. The molecule has 8 nitrogen and oxygen atoms in total. The van der Waals surface area contributed by atoms with E-state index < -0.39 is 22.7 Å². The Kier molecular flexibility index (Phi) is 8.58. The standard InChI is InChI=1S/C20H18FN3O.C5H2BrFN2O2/c1-13(25)20-10-15(21)7-8-19(20)18-6-4-3-5-14(18)9-17-11-16(12-22)23-24(17)2;6-3-1-4(7)5(8-2-3)9(10)11/h3-8,10-11,13,25H,9H2,1-2H3;1-2H/t13-;/m1./s1. The molecular formula is C25H20BrF2N5O3. The van der Waals surface area contributed by atoms with Crippen molar-refractivity contribution in [2.24, 2.45) is 7.05 Å². The van der Waals surface area contributed by atoms with Gasteiger partial charge in [0.1, 0.15) is 11.9 Å². The first-order chi connectivity index (χ1) is 17.1. The minimum atomic E-state index is -0.940. The summed E-state index contributed by atoms with van der Waals surface area (Å²) in [6.07, 6.45) is 0.972. The lowest BCUT2D eigenvalue weighted by Gasteiger charge is -2.16. The summed E-state index contributed by atoms with van der Waals surface area (Å²) in [4.78, 5) is 12.4. The van der Waals surface area contributed by atoms with Gasteiger partial charge in [-0.1, -0.05) is 30.3 Å². The van der Waals surface area contributed by atoms with Crippen LogP contribution in [0.2, 0.25) is 0 Å². The molecule has 1 atom stereocenters. The highest BCUT2D eigenvalue weighted by molar-refractivity contribution is 9.10. The fourth-order valence-corrected chi connectivity index (χ4v) is 3.83. The van der Waals surface area contributed by atoms with Crippen molar-refractivity contribution >= 4 is 21.7 Å². The van der Waals surface area contributed by atoms with Crippen molar-refractivity contribution in [1.82, 2.24) is 14.8 Å². The lowest BCUT2D eigenvalue weighted by Crippen LogP contribution is -2.02. The molecule has 0 fully saturated rings. The summed E-state index contributed by atoms with van der Waals surface area (Å²) in [6, 6.07) is 17.1. The molecule has 0 bridgehead atoms. The fourth-order valence-electron chi connectivity index (χ4n) is 3.52. The van der Waals surface area contributed by atoms with Crippen LogP contribution in [0.15, 0.2) is 65.3 Å². The van der Waals surface area contributed by atoms with E-state index in [1.54, 1.807) is 30.8 Å². The molecule has 0 saturated carbocycles. The van der Waals surface area contributed by atoms with Crippen molar-refractivity contribution in [3.8, 4) is 17.2 Å². The van der Waals surface area contributed by atoms with Gasteiger partial charge >= 0.3 is 5.82 Å². The van der Waals surface area contributed by atoms with Gasteiger partial charge in [0.2, 0.25) is 5.82 Å². The Morgan fingerprint density at radius 3 is 2.53 bits per heavy atom. The lowest BCUT2D eigenvalue weighted by atomic mass is 9.91. The number of rotatable bonds is 5. The van der Waals surface area contributed by atoms with Crippen LogP contribution in [-0.4, -0.2) is 24.8 Å². The molecule has 0 spiro atoms. The second-order valence-electron chi connectivity index (χ2n) is 7.71. The Labute approximate surface area is 213 Å². The topological polar surface area (TPSA) is 118 Å². The van der Waals surface area contributed by atoms with Crippen LogP contribution in [0.5, 0.6) is 0 Å². The molecule has 0 aliphatic rings. The van der Waals surface area contributed by atoms with Crippen molar-refractivity contribution in [3.05, 3.63) is 110 Å². The third kappa shape index (κ3) is 6.35. The van der Waals surface area contributed by atoms with Crippen LogP contribution in [0.25, 0.3) is 11.1 Å². The maximum Gasteiger partial charge on any atom is 0.399 e. The molecule has 2 aromatic heterocycles. The molecule has 4 aromatic rings. The number of aliphatic hydroxyl groups is 1. The average Bonchev–Trinajstić information content (AvgIpc) is 3.19. The van der Waals surface area contributed by atoms with Crippen LogP contribution in [0.1, 0.15) is 35.5 Å². The number of hydrogen-bond donors (Lipinski definition) is 1. The van der Waals surface area contributed by atoms with E-state index in [1.165, 1.54) is 18.3 Å². The molecule has 0 unspecified atom stereocenters. The number of halogens is 3. The third-order valence-corrected chi connectivity index (χ3v) is 5.63. The van der Waals surface area contributed by atoms with Gasteiger partial charge in [0.05, 0.1) is 10.6 Å². The Morgan fingerprint density at radius 1 is 1.19 bits per heavy atom. The zero-order valence-electron chi connectivity index (χ0n) is 19.2. The number of nitro groups is 1. The van der Waals surface area contributed by atoms with Gasteiger partial charge in [0, 0.05) is 25.2 Å². The van der Waals surface area contributed by atoms with Crippen LogP contribution in [0, 0.1) is 33.1 Å². The van der Waals surface area contributed by atoms with Gasteiger partial charge in [-0.3, -0.25) is 4.68 Å². The van der Waals surface area contributed by atoms with Gasteiger partial charge < -0.3 is 15.2 Å². The first kappa shape index (κ1) is 26.6. The monoisotopic (exact) mass is 555 g/mol. The molecule has 0 saturated heterocycles. The van der Waals surface area contributed by atoms with Gasteiger partial charge in [0.25, 0.3) is 0 Å². The summed E-state index contributed by atoms with van der Waals surface area (Å²) in [5.74, 6) is -2.07. The summed E-state index contributed by atoms with van der Waals surface area (Å²) in [5, 5.41) is 33.2. The Bertz CT molecular complexity index is 1450. The predicted octanol–water partition coefficient (Wildman–Crippen LogP) is 5.63. The van der Waals surface area contributed by atoms with Crippen LogP contribution in [0.4, 0.5) is 14.6 Å². The van der Waals surface area contributed by atoms with Crippen molar-refractivity contribution in [1.29, 1.82) is 5.26 Å². The Morgan fingerprint density at radius 2 is 1.92 bits per heavy atom. The van der Waals surface area contributed by atoms with E-state index in [0.29, 0.717) is 22.2 Å². The largest absolute Gasteiger partial charge is 0.399 e. The smallest absolute Gasteiger partial charge is 0.389 e. The van der Waals surface area contributed by atoms with E-state index >= 15 is 0 Å². The molecule has 0 aliphatic heterocycles. The van der Waals surface area contributed by atoms with Crippen LogP contribution < -0.4 is 0 Å². The van der Waals surface area contributed by atoms with E-state index in [4.69, 9.17) is 5.26 Å². The quantitative estimate of drug-likeness (QED) is 0.251. The van der Waals surface area contributed by atoms with Crippen molar-refractivity contribution in [2.75, 3.05) is 0 Å². The van der Waals surface area contributed by atoms with E-state index in [0.717, 1.165) is 28.5 Å².